The van der Waals surface area contributed by atoms with Crippen molar-refractivity contribution in [2.45, 2.75) is 57.8 Å². The molecule has 0 heterocycles. The third-order valence-corrected chi connectivity index (χ3v) is 10.1. The normalized spacial score (nSPS) is 14.7. The highest BCUT2D eigenvalue weighted by Crippen LogP contribution is 2.37. The molecule has 26 heavy (non-hydrogen) atoms. The van der Waals surface area contributed by atoms with E-state index in [9.17, 15) is 5.11 Å². The van der Waals surface area contributed by atoms with E-state index in [4.69, 9.17) is 4.43 Å². The van der Waals surface area contributed by atoms with Crippen molar-refractivity contribution < 1.29 is 9.53 Å². The molecule has 0 spiro atoms. The van der Waals surface area contributed by atoms with Crippen LogP contribution in [0.3, 0.4) is 0 Å². The molecule has 2 aromatic carbocycles. The number of hydrogen-bond acceptors (Lipinski definition) is 2. The summed E-state index contributed by atoms with van der Waals surface area (Å²) in [6.07, 6.45) is 2.65. The predicted octanol–water partition coefficient (Wildman–Crippen LogP) is 4.28. The van der Waals surface area contributed by atoms with Crippen LogP contribution in [0.25, 0.3) is 0 Å². The summed E-state index contributed by atoms with van der Waals surface area (Å²) >= 11 is 0. The number of aliphatic hydroxyl groups is 1. The Hall–Kier alpha value is -1.68. The zero-order valence-electron chi connectivity index (χ0n) is 16.5. The van der Waals surface area contributed by atoms with Crippen LogP contribution in [0.1, 0.15) is 40.5 Å². The molecular weight excluding hydrogens is 336 g/mol. The van der Waals surface area contributed by atoms with Crippen molar-refractivity contribution >= 4 is 18.7 Å². The predicted molar refractivity (Wildman–Crippen MR) is 114 cm³/mol. The maximum absolute atomic E-state index is 9.84. The lowest BCUT2D eigenvalue weighted by Crippen LogP contribution is -2.67. The molecule has 2 rings (SSSR count). The van der Waals surface area contributed by atoms with Gasteiger partial charge in [-0.25, -0.2) is 0 Å². The van der Waals surface area contributed by atoms with Crippen LogP contribution in [0, 0.1) is 0 Å². The fourth-order valence-electron chi connectivity index (χ4n) is 3.58. The minimum absolute atomic E-state index is 0.0268. The Morgan fingerprint density at radius 2 is 1.42 bits per heavy atom. The Morgan fingerprint density at radius 1 is 0.962 bits per heavy atom. The van der Waals surface area contributed by atoms with E-state index in [2.05, 4.69) is 94.9 Å². The molecule has 2 nitrogen and oxygen atoms in total. The van der Waals surface area contributed by atoms with Crippen LogP contribution >= 0.6 is 0 Å². The van der Waals surface area contributed by atoms with E-state index in [0.29, 0.717) is 6.42 Å². The van der Waals surface area contributed by atoms with Gasteiger partial charge in [0.1, 0.15) is 0 Å². The van der Waals surface area contributed by atoms with E-state index >= 15 is 0 Å². The summed E-state index contributed by atoms with van der Waals surface area (Å²) < 4.78 is 6.96. The zero-order valence-corrected chi connectivity index (χ0v) is 17.5. The molecule has 0 aliphatic carbocycles. The fraction of sp³-hybridized carbons (Fsp3) is 0.391. The Bertz CT molecular complexity index is 637. The molecule has 0 amide bonds. The number of rotatable bonds is 8. The molecule has 140 valence electrons. The van der Waals surface area contributed by atoms with E-state index in [1.54, 1.807) is 6.08 Å². The van der Waals surface area contributed by atoms with Gasteiger partial charge < -0.3 is 9.53 Å². The van der Waals surface area contributed by atoms with Crippen LogP contribution < -0.4 is 10.4 Å². The molecule has 2 atom stereocenters. The Morgan fingerprint density at radius 3 is 1.81 bits per heavy atom. The van der Waals surface area contributed by atoms with Crippen LogP contribution in [0.15, 0.2) is 73.3 Å². The molecule has 0 aliphatic heterocycles. The molecule has 0 aliphatic rings. The lowest BCUT2D eigenvalue weighted by atomic mass is 10.1. The van der Waals surface area contributed by atoms with Gasteiger partial charge in [0.2, 0.25) is 0 Å². The van der Waals surface area contributed by atoms with Gasteiger partial charge in [-0.2, -0.15) is 0 Å². The number of aliphatic hydroxyl groups excluding tert-OH is 1. The highest BCUT2D eigenvalue weighted by atomic mass is 28.4. The number of benzene rings is 2. The Balaban J connectivity index is 2.48. The van der Waals surface area contributed by atoms with Gasteiger partial charge >= 0.3 is 0 Å². The first-order valence-corrected chi connectivity index (χ1v) is 11.3. The van der Waals surface area contributed by atoms with Gasteiger partial charge in [-0.3, -0.25) is 0 Å². The maximum Gasteiger partial charge on any atom is 0.261 e. The monoisotopic (exact) mass is 368 g/mol. The Labute approximate surface area is 159 Å². The average Bonchev–Trinajstić information content (AvgIpc) is 2.64. The first-order chi connectivity index (χ1) is 12.3. The first kappa shape index (κ1) is 20.6. The molecule has 0 saturated heterocycles. The van der Waals surface area contributed by atoms with Crippen molar-refractivity contribution in [2.24, 2.45) is 0 Å². The fourth-order valence-corrected chi connectivity index (χ4v) is 8.31. The minimum Gasteiger partial charge on any atom is -0.405 e. The third kappa shape index (κ3) is 4.53. The molecule has 0 radical (unpaired) electrons. The molecule has 0 saturated carbocycles. The summed E-state index contributed by atoms with van der Waals surface area (Å²) in [5.74, 6) is 0. The SMILES string of the molecule is C=C[C@@H](O)CC[C@H](C)O[Si](c1ccccc1)(c1ccccc1)C(C)(C)C. The van der Waals surface area contributed by atoms with Crippen molar-refractivity contribution in [1.29, 1.82) is 0 Å². The van der Waals surface area contributed by atoms with Crippen molar-refractivity contribution in [3.63, 3.8) is 0 Å². The summed E-state index contributed by atoms with van der Waals surface area (Å²) in [6.45, 7) is 12.6. The van der Waals surface area contributed by atoms with Crippen molar-refractivity contribution in [1.82, 2.24) is 0 Å². The quantitative estimate of drug-likeness (QED) is 0.557. The summed E-state index contributed by atoms with van der Waals surface area (Å²) in [4.78, 5) is 0. The molecule has 2 aromatic rings. The molecule has 0 fully saturated rings. The summed E-state index contributed by atoms with van der Waals surface area (Å²) in [6, 6.07) is 21.3. The van der Waals surface area contributed by atoms with Crippen LogP contribution in [-0.4, -0.2) is 25.6 Å². The van der Waals surface area contributed by atoms with Gasteiger partial charge in [0, 0.05) is 6.10 Å². The van der Waals surface area contributed by atoms with Crippen LogP contribution in [0.4, 0.5) is 0 Å². The van der Waals surface area contributed by atoms with Crippen molar-refractivity contribution in [3.05, 3.63) is 73.3 Å². The van der Waals surface area contributed by atoms with Crippen LogP contribution in [-0.2, 0) is 4.43 Å². The smallest absolute Gasteiger partial charge is 0.261 e. The second-order valence-corrected chi connectivity index (χ2v) is 12.2. The van der Waals surface area contributed by atoms with E-state index in [1.807, 2.05) is 0 Å². The third-order valence-electron chi connectivity index (χ3n) is 4.94. The topological polar surface area (TPSA) is 29.5 Å². The van der Waals surface area contributed by atoms with E-state index < -0.39 is 14.4 Å². The summed E-state index contributed by atoms with van der Waals surface area (Å²) in [7, 11) is -2.50. The highest BCUT2D eigenvalue weighted by Gasteiger charge is 2.50. The second kappa shape index (κ2) is 8.80. The molecule has 3 heteroatoms. The van der Waals surface area contributed by atoms with Gasteiger partial charge in [-0.1, -0.05) is 87.5 Å². The lowest BCUT2D eigenvalue weighted by Gasteiger charge is -2.44. The van der Waals surface area contributed by atoms with Gasteiger partial charge in [-0.05, 0) is 35.2 Å². The molecular formula is C23H32O2Si. The second-order valence-electron chi connectivity index (χ2n) is 7.97. The van der Waals surface area contributed by atoms with Crippen molar-refractivity contribution in [2.75, 3.05) is 0 Å². The van der Waals surface area contributed by atoms with Crippen molar-refractivity contribution in [3.8, 4) is 0 Å². The van der Waals surface area contributed by atoms with Gasteiger partial charge in [0.15, 0.2) is 0 Å². The van der Waals surface area contributed by atoms with E-state index in [1.165, 1.54) is 10.4 Å². The van der Waals surface area contributed by atoms with Gasteiger partial charge in [0.25, 0.3) is 8.32 Å². The molecule has 0 bridgehead atoms. The van der Waals surface area contributed by atoms with Gasteiger partial charge in [-0.15, -0.1) is 6.58 Å². The molecule has 0 aromatic heterocycles. The van der Waals surface area contributed by atoms with Gasteiger partial charge in [0.05, 0.1) is 6.10 Å². The first-order valence-electron chi connectivity index (χ1n) is 9.40. The zero-order chi connectivity index (χ0) is 19.2. The Kier molecular flexibility index (Phi) is 6.99. The minimum atomic E-state index is -2.50. The average molecular weight is 369 g/mol. The largest absolute Gasteiger partial charge is 0.405 e. The number of hydrogen-bond donors (Lipinski definition) is 1. The lowest BCUT2D eigenvalue weighted by molar-refractivity contribution is 0.154. The maximum atomic E-state index is 9.84. The highest BCUT2D eigenvalue weighted by molar-refractivity contribution is 6.99. The van der Waals surface area contributed by atoms with Crippen LogP contribution in [0.2, 0.25) is 5.04 Å². The standard InChI is InChI=1S/C23H32O2Si/c1-6-20(24)18-17-19(2)25-26(23(3,4)5,21-13-9-7-10-14-21)22-15-11-8-12-16-22/h6-16,19-20,24H,1,17-18H2,2-5H3/t19-,20+/m0/s1. The summed E-state index contributed by atoms with van der Waals surface area (Å²) in [5, 5.41) is 12.4. The molecule has 0 unspecified atom stereocenters. The summed E-state index contributed by atoms with van der Waals surface area (Å²) in [5.41, 5.74) is 0. The van der Waals surface area contributed by atoms with E-state index in [-0.39, 0.29) is 11.1 Å². The van der Waals surface area contributed by atoms with Crippen LogP contribution in [0.5, 0.6) is 0 Å². The van der Waals surface area contributed by atoms with E-state index in [0.717, 1.165) is 6.42 Å². The molecule has 1 N–H and O–H groups in total.